The van der Waals surface area contributed by atoms with Crippen molar-refractivity contribution < 1.29 is 0 Å². The van der Waals surface area contributed by atoms with Crippen LogP contribution in [-0.4, -0.2) is 25.7 Å². The first kappa shape index (κ1) is 5.69. The SMILES string of the molecule is CN[C@H]1C[C@H]2C[C@@H]1CN2. The van der Waals surface area contributed by atoms with Gasteiger partial charge in [-0.15, -0.1) is 0 Å². The predicted molar refractivity (Wildman–Crippen MR) is 37.4 cm³/mol. The molecule has 2 heteroatoms. The molecule has 2 rings (SSSR count). The molecule has 1 saturated heterocycles. The topological polar surface area (TPSA) is 24.1 Å². The number of nitrogens with one attached hydrogen (secondary N) is 2. The highest BCUT2D eigenvalue weighted by atomic mass is 15.0. The van der Waals surface area contributed by atoms with Crippen molar-refractivity contribution in [2.75, 3.05) is 13.6 Å². The maximum atomic E-state index is 3.48. The van der Waals surface area contributed by atoms with Crippen LogP contribution in [-0.2, 0) is 0 Å². The van der Waals surface area contributed by atoms with Crippen molar-refractivity contribution in [2.45, 2.75) is 24.9 Å². The fraction of sp³-hybridized carbons (Fsp3) is 1.00. The van der Waals surface area contributed by atoms with Gasteiger partial charge in [-0.25, -0.2) is 0 Å². The molecule has 0 aromatic carbocycles. The lowest BCUT2D eigenvalue weighted by Crippen LogP contribution is -2.39. The van der Waals surface area contributed by atoms with Gasteiger partial charge in [0, 0.05) is 12.1 Å². The first-order valence-corrected chi connectivity index (χ1v) is 3.81. The summed E-state index contributed by atoms with van der Waals surface area (Å²) in [7, 11) is 2.07. The van der Waals surface area contributed by atoms with Crippen LogP contribution in [0, 0.1) is 5.92 Å². The second-order valence-electron chi connectivity index (χ2n) is 3.23. The van der Waals surface area contributed by atoms with Gasteiger partial charge in [-0.05, 0) is 32.4 Å². The van der Waals surface area contributed by atoms with E-state index in [4.69, 9.17) is 0 Å². The van der Waals surface area contributed by atoms with Gasteiger partial charge in [-0.3, -0.25) is 0 Å². The van der Waals surface area contributed by atoms with Crippen molar-refractivity contribution in [3.05, 3.63) is 0 Å². The van der Waals surface area contributed by atoms with E-state index >= 15 is 0 Å². The molecule has 0 aromatic rings. The average Bonchev–Trinajstić information content (AvgIpc) is 2.45. The Morgan fingerprint density at radius 1 is 1.44 bits per heavy atom. The lowest BCUT2D eigenvalue weighted by atomic mass is 10.0. The summed E-state index contributed by atoms with van der Waals surface area (Å²) in [6.07, 6.45) is 2.76. The molecule has 0 radical (unpaired) electrons. The fourth-order valence-corrected chi connectivity index (χ4v) is 2.19. The number of piperidine rings is 1. The third kappa shape index (κ3) is 0.775. The zero-order valence-electron chi connectivity index (χ0n) is 5.85. The third-order valence-corrected chi connectivity index (χ3v) is 2.73. The Kier molecular flexibility index (Phi) is 1.24. The van der Waals surface area contributed by atoms with Crippen molar-refractivity contribution in [3.8, 4) is 0 Å². The van der Waals surface area contributed by atoms with E-state index in [1.165, 1.54) is 19.4 Å². The molecule has 2 N–H and O–H groups in total. The molecule has 2 nitrogen and oxygen atoms in total. The van der Waals surface area contributed by atoms with Gasteiger partial charge >= 0.3 is 0 Å². The standard InChI is InChI=1S/C7H14N2/c1-8-7-3-6-2-5(7)4-9-6/h5-9H,2-4H2,1H3/t5-,6-,7+/m1/s1. The van der Waals surface area contributed by atoms with E-state index in [1.54, 1.807) is 0 Å². The molecule has 2 aliphatic rings. The van der Waals surface area contributed by atoms with Gasteiger partial charge in [0.2, 0.25) is 0 Å². The molecule has 52 valence electrons. The van der Waals surface area contributed by atoms with Crippen LogP contribution >= 0.6 is 0 Å². The summed E-state index contributed by atoms with van der Waals surface area (Å²) in [4.78, 5) is 0. The van der Waals surface area contributed by atoms with Gasteiger partial charge in [-0.2, -0.15) is 0 Å². The second-order valence-corrected chi connectivity index (χ2v) is 3.23. The highest BCUT2D eigenvalue weighted by Crippen LogP contribution is 2.30. The summed E-state index contributed by atoms with van der Waals surface area (Å²) in [5, 5.41) is 6.84. The zero-order chi connectivity index (χ0) is 6.27. The van der Waals surface area contributed by atoms with Crippen molar-refractivity contribution in [2.24, 2.45) is 5.92 Å². The van der Waals surface area contributed by atoms with Crippen LogP contribution in [0.5, 0.6) is 0 Å². The van der Waals surface area contributed by atoms with E-state index in [1.807, 2.05) is 0 Å². The van der Waals surface area contributed by atoms with Crippen LogP contribution in [0.15, 0.2) is 0 Å². The smallest absolute Gasteiger partial charge is 0.0120 e. The van der Waals surface area contributed by atoms with Crippen LogP contribution in [0.2, 0.25) is 0 Å². The molecule has 3 atom stereocenters. The lowest BCUT2D eigenvalue weighted by Gasteiger charge is -2.21. The first-order chi connectivity index (χ1) is 4.40. The molecule has 2 fully saturated rings. The molecule has 2 bridgehead atoms. The van der Waals surface area contributed by atoms with Crippen LogP contribution in [0.3, 0.4) is 0 Å². The molecule has 9 heavy (non-hydrogen) atoms. The minimum Gasteiger partial charge on any atom is -0.317 e. The molecule has 0 spiro atoms. The van der Waals surface area contributed by atoms with Gasteiger partial charge in [0.25, 0.3) is 0 Å². The van der Waals surface area contributed by atoms with Crippen LogP contribution in [0.1, 0.15) is 12.8 Å². The average molecular weight is 126 g/mol. The van der Waals surface area contributed by atoms with Gasteiger partial charge in [0.15, 0.2) is 0 Å². The Balaban J connectivity index is 2.01. The molecule has 1 aliphatic carbocycles. The largest absolute Gasteiger partial charge is 0.317 e. The number of hydrogen-bond acceptors (Lipinski definition) is 2. The quantitative estimate of drug-likeness (QED) is 0.515. The number of hydrogen-bond donors (Lipinski definition) is 2. The minimum atomic E-state index is 0.816. The predicted octanol–water partition coefficient (Wildman–Crippen LogP) is -0.0438. The summed E-state index contributed by atoms with van der Waals surface area (Å²) < 4.78 is 0. The highest BCUT2D eigenvalue weighted by molar-refractivity contribution is 4.98. The van der Waals surface area contributed by atoms with E-state index in [0.717, 1.165) is 18.0 Å². The van der Waals surface area contributed by atoms with Crippen LogP contribution < -0.4 is 10.6 Å². The second kappa shape index (κ2) is 1.96. The van der Waals surface area contributed by atoms with Gasteiger partial charge in [0.05, 0.1) is 0 Å². The van der Waals surface area contributed by atoms with E-state index in [-0.39, 0.29) is 0 Å². The van der Waals surface area contributed by atoms with E-state index in [9.17, 15) is 0 Å². The Labute approximate surface area is 56.0 Å². The van der Waals surface area contributed by atoms with E-state index in [2.05, 4.69) is 17.7 Å². The Morgan fingerprint density at radius 2 is 2.33 bits per heavy atom. The van der Waals surface area contributed by atoms with Crippen LogP contribution in [0.25, 0.3) is 0 Å². The van der Waals surface area contributed by atoms with Gasteiger partial charge < -0.3 is 10.6 Å². The molecular weight excluding hydrogens is 112 g/mol. The highest BCUT2D eigenvalue weighted by Gasteiger charge is 2.38. The maximum Gasteiger partial charge on any atom is 0.0120 e. The maximum absolute atomic E-state index is 3.48. The third-order valence-electron chi connectivity index (χ3n) is 2.73. The molecule has 1 aliphatic heterocycles. The molecule has 1 saturated carbocycles. The van der Waals surface area contributed by atoms with Crippen molar-refractivity contribution in [3.63, 3.8) is 0 Å². The molecule has 0 unspecified atom stereocenters. The lowest BCUT2D eigenvalue weighted by molar-refractivity contribution is 0.389. The van der Waals surface area contributed by atoms with E-state index < -0.39 is 0 Å². The van der Waals surface area contributed by atoms with Crippen molar-refractivity contribution in [1.29, 1.82) is 0 Å². The monoisotopic (exact) mass is 126 g/mol. The normalized spacial score (nSPS) is 48.3. The first-order valence-electron chi connectivity index (χ1n) is 3.81. The number of fused-ring (bicyclic) bond motifs is 2. The summed E-state index contributed by atoms with van der Waals surface area (Å²) >= 11 is 0. The van der Waals surface area contributed by atoms with Crippen LogP contribution in [0.4, 0.5) is 0 Å². The van der Waals surface area contributed by atoms with Gasteiger partial charge in [-0.1, -0.05) is 0 Å². The summed E-state index contributed by atoms with van der Waals surface area (Å²) in [5.41, 5.74) is 0. The zero-order valence-corrected chi connectivity index (χ0v) is 5.85. The molecule has 0 amide bonds. The van der Waals surface area contributed by atoms with Crippen molar-refractivity contribution >= 4 is 0 Å². The molecule has 1 heterocycles. The molecular formula is C7H14N2. The number of rotatable bonds is 1. The Morgan fingerprint density at radius 3 is 2.67 bits per heavy atom. The summed E-state index contributed by atoms with van der Waals surface area (Å²) in [6, 6.07) is 1.66. The minimum absolute atomic E-state index is 0.816. The van der Waals surface area contributed by atoms with Crippen molar-refractivity contribution in [1.82, 2.24) is 10.6 Å². The Hall–Kier alpha value is -0.0800. The Bertz CT molecular complexity index is 113. The summed E-state index contributed by atoms with van der Waals surface area (Å²) in [5.74, 6) is 0.931. The van der Waals surface area contributed by atoms with E-state index in [0.29, 0.717) is 0 Å². The fourth-order valence-electron chi connectivity index (χ4n) is 2.19. The summed E-state index contributed by atoms with van der Waals surface area (Å²) in [6.45, 7) is 1.25. The van der Waals surface area contributed by atoms with Gasteiger partial charge in [0.1, 0.15) is 0 Å². The molecule has 0 aromatic heterocycles.